The molecule has 0 spiro atoms. The highest BCUT2D eigenvalue weighted by molar-refractivity contribution is 5.82. The quantitative estimate of drug-likeness (QED) is 0.943. The number of fused-ring (bicyclic) bond motifs is 1. The van der Waals surface area contributed by atoms with E-state index in [-0.39, 0.29) is 13.1 Å². The van der Waals surface area contributed by atoms with Gasteiger partial charge in [-0.1, -0.05) is 24.3 Å². The van der Waals surface area contributed by atoms with Gasteiger partial charge in [-0.15, -0.1) is 0 Å². The van der Waals surface area contributed by atoms with Crippen molar-refractivity contribution in [1.29, 1.82) is 0 Å². The van der Waals surface area contributed by atoms with E-state index >= 15 is 0 Å². The molecule has 0 saturated carbocycles. The number of hydrogen-bond donors (Lipinski definition) is 1. The fourth-order valence-corrected chi connectivity index (χ4v) is 2.70. The molecule has 0 fully saturated rings. The number of carbonyl (C=O) groups is 1. The van der Waals surface area contributed by atoms with Crippen molar-refractivity contribution in [3.8, 4) is 0 Å². The van der Waals surface area contributed by atoms with Gasteiger partial charge in [0.2, 0.25) is 0 Å². The summed E-state index contributed by atoms with van der Waals surface area (Å²) >= 11 is 0. The molecule has 0 amide bonds. The molecule has 3 nitrogen and oxygen atoms in total. The van der Waals surface area contributed by atoms with Gasteiger partial charge in [-0.2, -0.15) is 0 Å². The van der Waals surface area contributed by atoms with E-state index in [2.05, 4.69) is 0 Å². The molecule has 2 aromatic rings. The number of para-hydroxylation sites is 1. The van der Waals surface area contributed by atoms with Crippen LogP contribution in [0.25, 0.3) is 0 Å². The number of carboxylic acids is 1. The number of nitrogens with zero attached hydrogens (tertiary/aromatic N) is 1. The number of benzene rings is 2. The normalized spacial score (nSPS) is 16.9. The molecule has 2 aromatic carbocycles. The van der Waals surface area contributed by atoms with Gasteiger partial charge in [-0.05, 0) is 17.7 Å². The predicted octanol–water partition coefficient (Wildman–Crippen LogP) is 3.15. The van der Waals surface area contributed by atoms with Gasteiger partial charge in [0.15, 0.2) is 0 Å². The van der Waals surface area contributed by atoms with Crippen LogP contribution in [-0.4, -0.2) is 17.6 Å². The number of halogens is 2. The van der Waals surface area contributed by atoms with Crippen molar-refractivity contribution in [3.05, 3.63) is 65.2 Å². The second kappa shape index (κ2) is 5.16. The Bertz CT molecular complexity index is 702. The third kappa shape index (κ3) is 2.46. The lowest BCUT2D eigenvalue weighted by molar-refractivity contribution is -0.138. The molecule has 1 aliphatic heterocycles. The first-order valence-corrected chi connectivity index (χ1v) is 6.57. The van der Waals surface area contributed by atoms with Gasteiger partial charge >= 0.3 is 5.97 Å². The van der Waals surface area contributed by atoms with E-state index in [1.54, 1.807) is 12.1 Å². The first-order chi connectivity index (χ1) is 10.1. The number of hydrogen-bond acceptors (Lipinski definition) is 2. The van der Waals surface area contributed by atoms with E-state index in [0.29, 0.717) is 5.56 Å². The monoisotopic (exact) mass is 289 g/mol. The molecule has 1 atom stereocenters. The largest absolute Gasteiger partial charge is 0.481 e. The van der Waals surface area contributed by atoms with E-state index in [4.69, 9.17) is 0 Å². The average molecular weight is 289 g/mol. The molecule has 0 bridgehead atoms. The highest BCUT2D eigenvalue weighted by atomic mass is 19.1. The lowest BCUT2D eigenvalue weighted by atomic mass is 10.0. The fourth-order valence-electron chi connectivity index (χ4n) is 2.70. The first kappa shape index (κ1) is 13.5. The number of aliphatic carboxylic acids is 1. The summed E-state index contributed by atoms with van der Waals surface area (Å²) in [6, 6.07) is 10.6. The Morgan fingerprint density at radius 2 is 2.00 bits per heavy atom. The number of carboxylic acid groups (broad SMARTS) is 1. The van der Waals surface area contributed by atoms with Crippen molar-refractivity contribution < 1.29 is 18.7 Å². The van der Waals surface area contributed by atoms with E-state index < -0.39 is 23.5 Å². The Morgan fingerprint density at radius 1 is 1.24 bits per heavy atom. The summed E-state index contributed by atoms with van der Waals surface area (Å²) in [4.78, 5) is 13.1. The second-order valence-corrected chi connectivity index (χ2v) is 5.07. The molecule has 21 heavy (non-hydrogen) atoms. The van der Waals surface area contributed by atoms with Gasteiger partial charge in [0.1, 0.15) is 17.6 Å². The standard InChI is InChI=1S/C16H13F2NO2/c17-11-6-5-10(14(18)7-11)8-19-9-13(16(20)21)12-3-1-2-4-15(12)19/h1-7,13H,8-9H2,(H,20,21). The molecular formula is C16H13F2NO2. The van der Waals surface area contributed by atoms with Crippen LogP contribution in [0.15, 0.2) is 42.5 Å². The fraction of sp³-hybridized carbons (Fsp3) is 0.188. The topological polar surface area (TPSA) is 40.5 Å². The van der Waals surface area contributed by atoms with Crippen LogP contribution >= 0.6 is 0 Å². The van der Waals surface area contributed by atoms with Crippen LogP contribution in [-0.2, 0) is 11.3 Å². The Morgan fingerprint density at radius 3 is 2.71 bits per heavy atom. The summed E-state index contributed by atoms with van der Waals surface area (Å²) in [5.74, 6) is -2.76. The molecule has 3 rings (SSSR count). The van der Waals surface area contributed by atoms with Gasteiger partial charge in [0, 0.05) is 30.4 Å². The minimum Gasteiger partial charge on any atom is -0.481 e. The molecule has 1 N–H and O–H groups in total. The van der Waals surface area contributed by atoms with Crippen molar-refractivity contribution in [2.75, 3.05) is 11.4 Å². The minimum atomic E-state index is -0.899. The Kier molecular flexibility index (Phi) is 3.33. The Hall–Kier alpha value is -2.43. The zero-order valence-electron chi connectivity index (χ0n) is 11.1. The Labute approximate surface area is 120 Å². The summed E-state index contributed by atoms with van der Waals surface area (Å²) in [6.07, 6.45) is 0. The molecule has 0 aromatic heterocycles. The van der Waals surface area contributed by atoms with E-state index in [9.17, 15) is 18.7 Å². The zero-order valence-corrected chi connectivity index (χ0v) is 11.1. The van der Waals surface area contributed by atoms with E-state index in [1.807, 2.05) is 17.0 Å². The van der Waals surface area contributed by atoms with Crippen LogP contribution < -0.4 is 4.90 Å². The maximum Gasteiger partial charge on any atom is 0.312 e. The highest BCUT2D eigenvalue weighted by Gasteiger charge is 2.33. The summed E-state index contributed by atoms with van der Waals surface area (Å²) < 4.78 is 26.7. The molecule has 0 radical (unpaired) electrons. The smallest absolute Gasteiger partial charge is 0.312 e. The van der Waals surface area contributed by atoms with Crippen LogP contribution in [0.4, 0.5) is 14.5 Å². The van der Waals surface area contributed by atoms with Gasteiger partial charge in [-0.25, -0.2) is 8.78 Å². The summed E-state index contributed by atoms with van der Waals surface area (Å²) in [7, 11) is 0. The third-order valence-corrected chi connectivity index (χ3v) is 3.73. The highest BCUT2D eigenvalue weighted by Crippen LogP contribution is 2.37. The molecule has 5 heteroatoms. The van der Waals surface area contributed by atoms with Crippen LogP contribution in [0.1, 0.15) is 17.0 Å². The Balaban J connectivity index is 1.92. The minimum absolute atomic E-state index is 0.215. The van der Waals surface area contributed by atoms with Gasteiger partial charge in [0.25, 0.3) is 0 Å². The zero-order chi connectivity index (χ0) is 15.0. The molecule has 1 heterocycles. The summed E-state index contributed by atoms with van der Waals surface area (Å²) in [5.41, 5.74) is 1.86. The van der Waals surface area contributed by atoms with Gasteiger partial charge in [-0.3, -0.25) is 4.79 Å². The predicted molar refractivity (Wildman–Crippen MR) is 74.2 cm³/mol. The van der Waals surface area contributed by atoms with Crippen LogP contribution in [0.2, 0.25) is 0 Å². The molecule has 1 unspecified atom stereocenters. The van der Waals surface area contributed by atoms with Crippen LogP contribution in [0.3, 0.4) is 0 Å². The molecule has 0 saturated heterocycles. The second-order valence-electron chi connectivity index (χ2n) is 5.07. The number of anilines is 1. The molecular weight excluding hydrogens is 276 g/mol. The van der Waals surface area contributed by atoms with Gasteiger partial charge in [0.05, 0.1) is 0 Å². The van der Waals surface area contributed by atoms with Crippen molar-refractivity contribution in [2.45, 2.75) is 12.5 Å². The molecule has 0 aliphatic carbocycles. The maximum atomic E-state index is 13.8. The van der Waals surface area contributed by atoms with Crippen molar-refractivity contribution in [2.24, 2.45) is 0 Å². The third-order valence-electron chi connectivity index (χ3n) is 3.73. The maximum absolute atomic E-state index is 13.8. The van der Waals surface area contributed by atoms with Crippen molar-refractivity contribution >= 4 is 11.7 Å². The number of rotatable bonds is 3. The van der Waals surface area contributed by atoms with Crippen LogP contribution in [0.5, 0.6) is 0 Å². The van der Waals surface area contributed by atoms with E-state index in [1.165, 1.54) is 12.1 Å². The molecule has 1 aliphatic rings. The summed E-state index contributed by atoms with van der Waals surface area (Å²) in [5, 5.41) is 9.28. The first-order valence-electron chi connectivity index (χ1n) is 6.57. The lowest BCUT2D eigenvalue weighted by Crippen LogP contribution is -2.24. The average Bonchev–Trinajstić information content (AvgIpc) is 2.81. The SMILES string of the molecule is O=C(O)C1CN(Cc2ccc(F)cc2F)c2ccccc21. The van der Waals surface area contributed by atoms with E-state index in [0.717, 1.165) is 17.3 Å². The van der Waals surface area contributed by atoms with Crippen molar-refractivity contribution in [3.63, 3.8) is 0 Å². The lowest BCUT2D eigenvalue weighted by Gasteiger charge is -2.20. The van der Waals surface area contributed by atoms with Crippen molar-refractivity contribution in [1.82, 2.24) is 0 Å². The summed E-state index contributed by atoms with van der Waals surface area (Å²) in [6.45, 7) is 0.498. The van der Waals surface area contributed by atoms with Gasteiger partial charge < -0.3 is 10.0 Å². The van der Waals surface area contributed by atoms with Crippen LogP contribution in [0, 0.1) is 11.6 Å². The molecule has 108 valence electrons.